The second kappa shape index (κ2) is 9.97. The zero-order valence-corrected chi connectivity index (χ0v) is 17.0. The molecule has 1 fully saturated rings. The first-order valence-electron chi connectivity index (χ1n) is 9.32. The van der Waals surface area contributed by atoms with E-state index in [1.807, 2.05) is 0 Å². The number of nitrogens with zero attached hydrogens (tertiary/aromatic N) is 4. The third kappa shape index (κ3) is 5.23. The second-order valence-electron chi connectivity index (χ2n) is 6.54. The normalized spacial score (nSPS) is 15.7. The molecule has 0 bridgehead atoms. The number of guanidine groups is 1. The highest BCUT2D eigenvalue weighted by Gasteiger charge is 2.23. The van der Waals surface area contributed by atoms with Crippen LogP contribution in [0.5, 0.6) is 0 Å². The molecule has 0 amide bonds. The monoisotopic (exact) mass is 392 g/mol. The van der Waals surface area contributed by atoms with Crippen molar-refractivity contribution in [2.45, 2.75) is 56.1 Å². The molecule has 1 aliphatic rings. The van der Waals surface area contributed by atoms with Gasteiger partial charge >= 0.3 is 0 Å². The highest BCUT2D eigenvalue weighted by molar-refractivity contribution is 7.98. The van der Waals surface area contributed by atoms with Crippen molar-refractivity contribution in [3.63, 3.8) is 0 Å². The van der Waals surface area contributed by atoms with Crippen molar-refractivity contribution in [1.29, 1.82) is 0 Å². The lowest BCUT2D eigenvalue weighted by atomic mass is 10.2. The average molecular weight is 393 g/mol. The maximum Gasteiger partial charge on any atom is 0.191 e. The molecule has 2 heterocycles. The van der Waals surface area contributed by atoms with Gasteiger partial charge in [-0.3, -0.25) is 4.99 Å². The van der Waals surface area contributed by atoms with Gasteiger partial charge in [-0.25, -0.2) is 0 Å². The van der Waals surface area contributed by atoms with Crippen LogP contribution in [-0.2, 0) is 12.8 Å². The van der Waals surface area contributed by atoms with Crippen LogP contribution in [0.1, 0.15) is 48.8 Å². The van der Waals surface area contributed by atoms with Gasteiger partial charge in [0.15, 0.2) is 11.1 Å². The number of hydrogen-bond donors (Lipinski definition) is 2. The minimum Gasteiger partial charge on any atom is -0.370 e. The molecular weight excluding hydrogens is 364 g/mol. The first-order chi connectivity index (χ1) is 12.8. The van der Waals surface area contributed by atoms with E-state index in [2.05, 4.69) is 48.8 Å². The lowest BCUT2D eigenvalue weighted by Gasteiger charge is -2.16. The Morgan fingerprint density at radius 1 is 1.38 bits per heavy atom. The Morgan fingerprint density at radius 2 is 2.23 bits per heavy atom. The molecule has 3 rings (SSSR count). The average Bonchev–Trinajstić information content (AvgIpc) is 3.39. The molecule has 1 aliphatic carbocycles. The van der Waals surface area contributed by atoms with Gasteiger partial charge in [-0.2, -0.15) is 0 Å². The molecule has 0 radical (unpaired) electrons. The number of thioether (sulfide) groups is 1. The minimum atomic E-state index is 0.531. The standard InChI is InChI=1S/C18H28N6S2/c1-25-18-23-22-16(24(18)14-6-2-3-7-14)9-4-11-20-17(19)21-12-10-15-8-5-13-26-15/h5,8,13-14H,2-4,6-7,9-12H2,1H3,(H3,19,20,21). The number of aliphatic imine (C=N–C) groups is 1. The summed E-state index contributed by atoms with van der Waals surface area (Å²) < 4.78 is 2.37. The third-order valence-corrected chi connectivity index (χ3v) is 6.29. The van der Waals surface area contributed by atoms with E-state index in [9.17, 15) is 0 Å². The molecule has 2 aromatic rings. The van der Waals surface area contributed by atoms with Gasteiger partial charge in [0.05, 0.1) is 0 Å². The van der Waals surface area contributed by atoms with E-state index >= 15 is 0 Å². The van der Waals surface area contributed by atoms with Gasteiger partial charge in [0.2, 0.25) is 0 Å². The molecule has 1 saturated carbocycles. The van der Waals surface area contributed by atoms with Crippen molar-refractivity contribution in [2.24, 2.45) is 10.7 Å². The Bertz CT molecular complexity index is 689. The Labute approximate surface area is 163 Å². The molecule has 0 aromatic carbocycles. The summed E-state index contributed by atoms with van der Waals surface area (Å²) in [6.07, 6.45) is 10.0. The van der Waals surface area contributed by atoms with Crippen LogP contribution < -0.4 is 11.1 Å². The molecule has 0 atom stereocenters. The predicted molar refractivity (Wildman–Crippen MR) is 110 cm³/mol. The summed E-state index contributed by atoms with van der Waals surface area (Å²) in [4.78, 5) is 5.80. The molecule has 0 aliphatic heterocycles. The Kier molecular flexibility index (Phi) is 7.37. The zero-order valence-electron chi connectivity index (χ0n) is 15.4. The van der Waals surface area contributed by atoms with E-state index in [0.29, 0.717) is 18.5 Å². The third-order valence-electron chi connectivity index (χ3n) is 4.71. The lowest BCUT2D eigenvalue weighted by Crippen LogP contribution is -2.33. The molecule has 0 saturated heterocycles. The first-order valence-corrected chi connectivity index (χ1v) is 11.4. The summed E-state index contributed by atoms with van der Waals surface area (Å²) >= 11 is 3.46. The fourth-order valence-corrected chi connectivity index (χ4v) is 4.69. The number of hydrogen-bond acceptors (Lipinski definition) is 5. The fraction of sp³-hybridized carbons (Fsp3) is 0.611. The van der Waals surface area contributed by atoms with E-state index < -0.39 is 0 Å². The number of rotatable bonds is 9. The van der Waals surface area contributed by atoms with Crippen LogP contribution in [0, 0.1) is 0 Å². The summed E-state index contributed by atoms with van der Waals surface area (Å²) in [7, 11) is 0. The first kappa shape index (κ1) is 19.2. The van der Waals surface area contributed by atoms with E-state index in [4.69, 9.17) is 5.73 Å². The minimum absolute atomic E-state index is 0.531. The van der Waals surface area contributed by atoms with Crippen molar-refractivity contribution < 1.29 is 0 Å². The molecule has 0 unspecified atom stereocenters. The number of nitrogens with two attached hydrogens (primary N) is 1. The SMILES string of the molecule is CSc1nnc(CCCN=C(N)NCCc2cccs2)n1C1CCCC1. The molecule has 2 aromatic heterocycles. The highest BCUT2D eigenvalue weighted by Crippen LogP contribution is 2.33. The van der Waals surface area contributed by atoms with Crippen molar-refractivity contribution >= 4 is 29.1 Å². The summed E-state index contributed by atoms with van der Waals surface area (Å²) in [5.74, 6) is 1.63. The van der Waals surface area contributed by atoms with Crippen LogP contribution in [0.15, 0.2) is 27.7 Å². The maximum absolute atomic E-state index is 5.95. The smallest absolute Gasteiger partial charge is 0.191 e. The molecule has 142 valence electrons. The van der Waals surface area contributed by atoms with E-state index in [1.54, 1.807) is 23.1 Å². The van der Waals surface area contributed by atoms with Gasteiger partial charge in [-0.05, 0) is 43.4 Å². The Balaban J connectivity index is 1.43. The molecule has 26 heavy (non-hydrogen) atoms. The molecule has 0 spiro atoms. The van der Waals surface area contributed by atoms with E-state index in [1.165, 1.54) is 30.6 Å². The quantitative estimate of drug-likeness (QED) is 0.296. The molecule has 3 N–H and O–H groups in total. The topological polar surface area (TPSA) is 81.1 Å². The summed E-state index contributed by atoms with van der Waals surface area (Å²) in [5.41, 5.74) is 5.95. The van der Waals surface area contributed by atoms with Crippen LogP contribution in [0.3, 0.4) is 0 Å². The zero-order chi connectivity index (χ0) is 18.2. The number of nitrogens with one attached hydrogen (secondary N) is 1. The number of aromatic nitrogens is 3. The number of thiophene rings is 1. The summed E-state index contributed by atoms with van der Waals surface area (Å²) in [6.45, 7) is 1.53. The second-order valence-corrected chi connectivity index (χ2v) is 8.34. The highest BCUT2D eigenvalue weighted by atomic mass is 32.2. The Morgan fingerprint density at radius 3 is 2.96 bits per heavy atom. The molecule has 6 nitrogen and oxygen atoms in total. The predicted octanol–water partition coefficient (Wildman–Crippen LogP) is 3.26. The van der Waals surface area contributed by atoms with Gasteiger partial charge in [0.1, 0.15) is 5.82 Å². The van der Waals surface area contributed by atoms with Gasteiger partial charge < -0.3 is 15.6 Å². The van der Waals surface area contributed by atoms with Crippen LogP contribution in [0.2, 0.25) is 0 Å². The van der Waals surface area contributed by atoms with Crippen LogP contribution >= 0.6 is 23.1 Å². The lowest BCUT2D eigenvalue weighted by molar-refractivity contribution is 0.461. The van der Waals surface area contributed by atoms with Crippen molar-refractivity contribution in [3.8, 4) is 0 Å². The van der Waals surface area contributed by atoms with Gasteiger partial charge in [-0.1, -0.05) is 30.7 Å². The van der Waals surface area contributed by atoms with Gasteiger partial charge in [0.25, 0.3) is 0 Å². The van der Waals surface area contributed by atoms with E-state index in [-0.39, 0.29) is 0 Å². The summed E-state index contributed by atoms with van der Waals surface area (Å²) in [5, 5.41) is 15.1. The molecular formula is C18H28N6S2. The van der Waals surface area contributed by atoms with Crippen molar-refractivity contribution in [1.82, 2.24) is 20.1 Å². The van der Waals surface area contributed by atoms with Crippen LogP contribution in [0.25, 0.3) is 0 Å². The largest absolute Gasteiger partial charge is 0.370 e. The maximum atomic E-state index is 5.95. The van der Waals surface area contributed by atoms with Crippen molar-refractivity contribution in [3.05, 3.63) is 28.2 Å². The van der Waals surface area contributed by atoms with E-state index in [0.717, 1.165) is 36.8 Å². The molecule has 8 heteroatoms. The number of aryl methyl sites for hydroxylation is 1. The van der Waals surface area contributed by atoms with Gasteiger partial charge in [0, 0.05) is 30.4 Å². The van der Waals surface area contributed by atoms with Crippen LogP contribution in [0.4, 0.5) is 0 Å². The van der Waals surface area contributed by atoms with Crippen LogP contribution in [-0.4, -0.2) is 40.1 Å². The Hall–Kier alpha value is -1.54. The van der Waals surface area contributed by atoms with Gasteiger partial charge in [-0.15, -0.1) is 21.5 Å². The van der Waals surface area contributed by atoms with Crippen molar-refractivity contribution in [2.75, 3.05) is 19.3 Å². The summed E-state index contributed by atoms with van der Waals surface area (Å²) in [6, 6.07) is 4.79. The fourth-order valence-electron chi connectivity index (χ4n) is 3.41.